The monoisotopic (exact) mass is 244 g/mol. The van der Waals surface area contributed by atoms with E-state index >= 15 is 0 Å². The third-order valence-corrected chi connectivity index (χ3v) is 4.18. The Kier molecular flexibility index (Phi) is 4.48. The first kappa shape index (κ1) is 12.9. The van der Waals surface area contributed by atoms with Crippen LogP contribution in [0.3, 0.4) is 0 Å². The minimum atomic E-state index is -0.0000154. The Labute approximate surface area is 103 Å². The fourth-order valence-corrected chi connectivity index (χ4v) is 2.16. The number of halogens is 2. The van der Waals surface area contributed by atoms with E-state index in [2.05, 4.69) is 39.0 Å². The summed E-state index contributed by atoms with van der Waals surface area (Å²) in [4.78, 5) is 0. The molecular formula is C13H18Cl2. The van der Waals surface area contributed by atoms with Gasteiger partial charge >= 0.3 is 0 Å². The molecule has 0 aliphatic heterocycles. The van der Waals surface area contributed by atoms with Gasteiger partial charge in [-0.25, -0.2) is 0 Å². The molecule has 0 aliphatic rings. The first-order valence-corrected chi connectivity index (χ1v) is 6.26. The third-order valence-electron chi connectivity index (χ3n) is 2.89. The maximum atomic E-state index is 5.98. The van der Waals surface area contributed by atoms with Gasteiger partial charge in [0.25, 0.3) is 0 Å². The van der Waals surface area contributed by atoms with Gasteiger partial charge in [-0.3, -0.25) is 0 Å². The minimum Gasteiger partial charge on any atom is -0.126 e. The number of benzene rings is 1. The maximum Gasteiger partial charge on any atom is 0.0291 e. The molecule has 0 nitrogen and oxygen atoms in total. The number of hydrogen-bond donors (Lipinski definition) is 0. The van der Waals surface area contributed by atoms with Crippen LogP contribution >= 0.6 is 23.2 Å². The molecule has 0 aliphatic carbocycles. The zero-order chi connectivity index (χ0) is 11.5. The molecule has 0 saturated heterocycles. The summed E-state index contributed by atoms with van der Waals surface area (Å²) in [5.41, 5.74) is 4.05. The third kappa shape index (κ3) is 3.12. The summed E-state index contributed by atoms with van der Waals surface area (Å²) in [6.45, 7) is 6.43. The Bertz CT molecular complexity index is 307. The summed E-state index contributed by atoms with van der Waals surface area (Å²) in [6, 6.07) is 6.38. The minimum absolute atomic E-state index is 0.0000154. The normalized spacial score (nSPS) is 11.8. The van der Waals surface area contributed by atoms with E-state index in [0.717, 1.165) is 6.42 Å². The molecule has 0 N–H and O–H groups in total. The molecule has 0 radical (unpaired) electrons. The van der Waals surface area contributed by atoms with Crippen LogP contribution in [0.2, 0.25) is 0 Å². The van der Waals surface area contributed by atoms with Gasteiger partial charge in [-0.05, 0) is 42.4 Å². The number of alkyl halides is 2. The molecule has 2 heteroatoms. The van der Waals surface area contributed by atoms with Crippen LogP contribution < -0.4 is 0 Å². The first-order chi connectivity index (χ1) is 7.02. The molecule has 0 saturated carbocycles. The lowest BCUT2D eigenvalue weighted by Gasteiger charge is -2.26. The van der Waals surface area contributed by atoms with Gasteiger partial charge in [0.2, 0.25) is 0 Å². The summed E-state index contributed by atoms with van der Waals surface area (Å²) in [5.74, 6) is 1.20. The van der Waals surface area contributed by atoms with E-state index < -0.39 is 0 Å². The van der Waals surface area contributed by atoms with Crippen molar-refractivity contribution in [2.45, 2.75) is 27.2 Å². The number of rotatable bonds is 4. The highest BCUT2D eigenvalue weighted by molar-refractivity contribution is 6.21. The van der Waals surface area contributed by atoms with E-state index in [9.17, 15) is 0 Å². The summed E-state index contributed by atoms with van der Waals surface area (Å²) in [7, 11) is 0. The van der Waals surface area contributed by atoms with Crippen molar-refractivity contribution in [3.05, 3.63) is 34.9 Å². The summed E-state index contributed by atoms with van der Waals surface area (Å²) < 4.78 is 0. The molecule has 84 valence electrons. The van der Waals surface area contributed by atoms with Crippen molar-refractivity contribution in [2.75, 3.05) is 11.8 Å². The van der Waals surface area contributed by atoms with Crippen molar-refractivity contribution in [3.63, 3.8) is 0 Å². The van der Waals surface area contributed by atoms with E-state index in [-0.39, 0.29) is 5.41 Å². The second-order valence-electron chi connectivity index (χ2n) is 4.63. The van der Waals surface area contributed by atoms with E-state index in [1.165, 1.54) is 16.7 Å². The van der Waals surface area contributed by atoms with Crippen molar-refractivity contribution in [2.24, 2.45) is 5.41 Å². The average molecular weight is 245 g/mol. The lowest BCUT2D eigenvalue weighted by atomic mass is 9.84. The molecular weight excluding hydrogens is 227 g/mol. The first-order valence-electron chi connectivity index (χ1n) is 5.19. The predicted molar refractivity (Wildman–Crippen MR) is 69.2 cm³/mol. The quantitative estimate of drug-likeness (QED) is 0.692. The van der Waals surface area contributed by atoms with Gasteiger partial charge in [0.05, 0.1) is 0 Å². The molecule has 0 atom stereocenters. The largest absolute Gasteiger partial charge is 0.126 e. The summed E-state index contributed by atoms with van der Waals surface area (Å²) in [5, 5.41) is 0. The Morgan fingerprint density at radius 2 is 1.53 bits per heavy atom. The van der Waals surface area contributed by atoms with E-state index in [1.54, 1.807) is 0 Å². The standard InChI is InChI=1S/C13H18Cl2/c1-10-5-4-6-11(2)12(10)7-13(3,8-14)9-15/h4-6H,7-9H2,1-3H3. The number of aryl methyl sites for hydroxylation is 2. The van der Waals surface area contributed by atoms with Gasteiger partial charge in [-0.1, -0.05) is 25.1 Å². The second kappa shape index (κ2) is 5.23. The van der Waals surface area contributed by atoms with Gasteiger partial charge in [-0.15, -0.1) is 23.2 Å². The van der Waals surface area contributed by atoms with Crippen LogP contribution in [0.4, 0.5) is 0 Å². The van der Waals surface area contributed by atoms with Crippen LogP contribution in [0.5, 0.6) is 0 Å². The van der Waals surface area contributed by atoms with Crippen LogP contribution in [0.1, 0.15) is 23.6 Å². The van der Waals surface area contributed by atoms with Gasteiger partial charge in [-0.2, -0.15) is 0 Å². The molecule has 0 bridgehead atoms. The maximum absolute atomic E-state index is 5.98. The molecule has 0 amide bonds. The summed E-state index contributed by atoms with van der Waals surface area (Å²) in [6.07, 6.45) is 0.957. The molecule has 15 heavy (non-hydrogen) atoms. The zero-order valence-electron chi connectivity index (χ0n) is 9.61. The molecule has 1 rings (SSSR count). The Hall–Kier alpha value is -0.200. The summed E-state index contributed by atoms with van der Waals surface area (Å²) >= 11 is 12.0. The number of hydrogen-bond acceptors (Lipinski definition) is 0. The van der Waals surface area contributed by atoms with E-state index in [0.29, 0.717) is 11.8 Å². The van der Waals surface area contributed by atoms with Crippen molar-refractivity contribution >= 4 is 23.2 Å². The molecule has 0 unspecified atom stereocenters. The van der Waals surface area contributed by atoms with Crippen molar-refractivity contribution in [1.82, 2.24) is 0 Å². The van der Waals surface area contributed by atoms with Crippen LogP contribution in [0.15, 0.2) is 18.2 Å². The highest BCUT2D eigenvalue weighted by atomic mass is 35.5. The van der Waals surface area contributed by atoms with Gasteiger partial charge in [0, 0.05) is 11.8 Å². The fourth-order valence-electron chi connectivity index (χ4n) is 1.68. The van der Waals surface area contributed by atoms with Crippen molar-refractivity contribution in [3.8, 4) is 0 Å². The van der Waals surface area contributed by atoms with Crippen molar-refractivity contribution < 1.29 is 0 Å². The van der Waals surface area contributed by atoms with Crippen LogP contribution in [0, 0.1) is 19.3 Å². The molecule has 0 fully saturated rings. The van der Waals surface area contributed by atoms with Gasteiger partial charge in [0.1, 0.15) is 0 Å². The lowest BCUT2D eigenvalue weighted by molar-refractivity contribution is 0.423. The smallest absolute Gasteiger partial charge is 0.0291 e. The molecule has 1 aromatic carbocycles. The molecule has 0 heterocycles. The Morgan fingerprint density at radius 3 is 1.93 bits per heavy atom. The SMILES string of the molecule is Cc1cccc(C)c1CC(C)(CCl)CCl. The zero-order valence-corrected chi connectivity index (χ0v) is 11.1. The highest BCUT2D eigenvalue weighted by Gasteiger charge is 2.23. The second-order valence-corrected chi connectivity index (χ2v) is 5.16. The van der Waals surface area contributed by atoms with E-state index in [4.69, 9.17) is 23.2 Å². The van der Waals surface area contributed by atoms with Crippen molar-refractivity contribution in [1.29, 1.82) is 0 Å². The van der Waals surface area contributed by atoms with Gasteiger partial charge in [0.15, 0.2) is 0 Å². The topological polar surface area (TPSA) is 0 Å². The van der Waals surface area contributed by atoms with Crippen LogP contribution in [-0.2, 0) is 6.42 Å². The Morgan fingerprint density at radius 1 is 1.07 bits per heavy atom. The van der Waals surface area contributed by atoms with Crippen LogP contribution in [0.25, 0.3) is 0 Å². The predicted octanol–water partition coefficient (Wildman–Crippen LogP) is 4.33. The Balaban J connectivity index is 2.98. The lowest BCUT2D eigenvalue weighted by Crippen LogP contribution is -2.24. The fraction of sp³-hybridized carbons (Fsp3) is 0.538. The average Bonchev–Trinajstić information content (AvgIpc) is 2.23. The molecule has 0 aromatic heterocycles. The molecule has 0 spiro atoms. The van der Waals surface area contributed by atoms with E-state index in [1.807, 2.05) is 0 Å². The van der Waals surface area contributed by atoms with Crippen LogP contribution in [-0.4, -0.2) is 11.8 Å². The molecule has 1 aromatic rings. The van der Waals surface area contributed by atoms with Gasteiger partial charge < -0.3 is 0 Å². The highest BCUT2D eigenvalue weighted by Crippen LogP contribution is 2.28.